The van der Waals surface area contributed by atoms with Crippen molar-refractivity contribution in [1.29, 1.82) is 0 Å². The average Bonchev–Trinajstić information content (AvgIpc) is 2.59. The summed E-state index contributed by atoms with van der Waals surface area (Å²) in [7, 11) is 1.65. The number of benzene rings is 2. The highest BCUT2D eigenvalue weighted by Gasteiger charge is 2.23. The van der Waals surface area contributed by atoms with Gasteiger partial charge in [0.05, 0.1) is 7.11 Å². The van der Waals surface area contributed by atoms with Gasteiger partial charge in [-0.1, -0.05) is 49.4 Å². The van der Waals surface area contributed by atoms with Gasteiger partial charge in [0.15, 0.2) is 0 Å². The summed E-state index contributed by atoms with van der Waals surface area (Å²) in [6.07, 6.45) is 0. The topological polar surface area (TPSA) is 64.3 Å². The van der Waals surface area contributed by atoms with Gasteiger partial charge in [-0.05, 0) is 36.1 Å². The van der Waals surface area contributed by atoms with Gasteiger partial charge in [-0.2, -0.15) is 0 Å². The molecule has 23 heavy (non-hydrogen) atoms. The first kappa shape index (κ1) is 17.0. The summed E-state index contributed by atoms with van der Waals surface area (Å²) in [6.45, 7) is 4.19. The van der Waals surface area contributed by atoms with E-state index in [1.165, 1.54) is 5.56 Å². The van der Waals surface area contributed by atoms with Crippen LogP contribution < -0.4 is 15.8 Å². The Labute approximate surface area is 137 Å². The number of nitrogens with two attached hydrogens (primary N) is 1. The first-order valence-corrected chi connectivity index (χ1v) is 7.77. The van der Waals surface area contributed by atoms with Crippen LogP contribution in [0.1, 0.15) is 36.9 Å². The summed E-state index contributed by atoms with van der Waals surface area (Å²) in [5.74, 6) is 0.692. The van der Waals surface area contributed by atoms with E-state index in [1.54, 1.807) is 7.11 Å². The number of hydrogen-bond donors (Lipinski definition) is 2. The fraction of sp³-hybridized carbons (Fsp3) is 0.316. The van der Waals surface area contributed by atoms with E-state index in [-0.39, 0.29) is 17.9 Å². The summed E-state index contributed by atoms with van der Waals surface area (Å²) < 4.78 is 5.19. The normalized spacial score (nSPS) is 14.7. The molecule has 3 atom stereocenters. The van der Waals surface area contributed by atoms with Gasteiger partial charge in [0.2, 0.25) is 5.91 Å². The van der Waals surface area contributed by atoms with E-state index in [0.717, 1.165) is 11.3 Å². The highest BCUT2D eigenvalue weighted by molar-refractivity contribution is 5.81. The molecule has 0 aliphatic carbocycles. The monoisotopic (exact) mass is 312 g/mol. The molecule has 0 unspecified atom stereocenters. The van der Waals surface area contributed by atoms with Crippen molar-refractivity contribution < 1.29 is 9.53 Å². The van der Waals surface area contributed by atoms with Crippen molar-refractivity contribution in [3.63, 3.8) is 0 Å². The standard InChI is InChI=1S/C19H24N2O2/c1-13(15-9-11-17(23-3)12-10-15)14(2)21-18(19(20)22)16-7-5-4-6-8-16/h4-14,18,21H,1-3H3,(H2,20,22)/t13-,14+,18+/m1/s1. The molecule has 122 valence electrons. The van der Waals surface area contributed by atoms with E-state index >= 15 is 0 Å². The zero-order chi connectivity index (χ0) is 16.8. The van der Waals surface area contributed by atoms with Crippen LogP contribution in [0.25, 0.3) is 0 Å². The second-order valence-electron chi connectivity index (χ2n) is 5.76. The predicted molar refractivity (Wildman–Crippen MR) is 92.4 cm³/mol. The Kier molecular flexibility index (Phi) is 5.77. The smallest absolute Gasteiger partial charge is 0.239 e. The number of carbonyl (C=O) groups excluding carboxylic acids is 1. The van der Waals surface area contributed by atoms with Crippen LogP contribution in [-0.2, 0) is 4.79 Å². The molecule has 0 radical (unpaired) electrons. The first-order chi connectivity index (χ1) is 11.0. The molecule has 4 nitrogen and oxygen atoms in total. The maximum atomic E-state index is 11.8. The molecule has 0 saturated heterocycles. The Bertz CT molecular complexity index is 626. The minimum absolute atomic E-state index is 0.0844. The van der Waals surface area contributed by atoms with Gasteiger partial charge in [-0.3, -0.25) is 10.1 Å². The van der Waals surface area contributed by atoms with E-state index in [1.807, 2.05) is 54.6 Å². The van der Waals surface area contributed by atoms with Crippen molar-refractivity contribution in [2.45, 2.75) is 31.8 Å². The number of nitrogens with one attached hydrogen (secondary N) is 1. The summed E-state index contributed by atoms with van der Waals surface area (Å²) in [5, 5.41) is 3.35. The Morgan fingerprint density at radius 1 is 1.00 bits per heavy atom. The quantitative estimate of drug-likeness (QED) is 0.826. The van der Waals surface area contributed by atoms with Gasteiger partial charge in [0.1, 0.15) is 11.8 Å². The predicted octanol–water partition coefficient (Wildman–Crippen LogP) is 3.00. The Morgan fingerprint density at radius 3 is 2.13 bits per heavy atom. The van der Waals surface area contributed by atoms with Crippen LogP contribution in [0, 0.1) is 0 Å². The molecule has 2 rings (SSSR count). The van der Waals surface area contributed by atoms with Gasteiger partial charge >= 0.3 is 0 Å². The summed E-state index contributed by atoms with van der Waals surface area (Å²) in [5.41, 5.74) is 7.64. The molecule has 4 heteroatoms. The fourth-order valence-electron chi connectivity index (χ4n) is 2.59. The third kappa shape index (κ3) is 4.33. The van der Waals surface area contributed by atoms with E-state index in [4.69, 9.17) is 10.5 Å². The Balaban J connectivity index is 2.11. The molecule has 3 N–H and O–H groups in total. The number of hydrogen-bond acceptors (Lipinski definition) is 3. The fourth-order valence-corrected chi connectivity index (χ4v) is 2.59. The molecular formula is C19H24N2O2. The lowest BCUT2D eigenvalue weighted by Crippen LogP contribution is -2.40. The zero-order valence-corrected chi connectivity index (χ0v) is 13.8. The number of methoxy groups -OCH3 is 1. The van der Waals surface area contributed by atoms with Crippen LogP contribution in [0.15, 0.2) is 54.6 Å². The molecule has 2 aromatic rings. The van der Waals surface area contributed by atoms with Gasteiger partial charge in [-0.25, -0.2) is 0 Å². The third-order valence-corrected chi connectivity index (χ3v) is 4.24. The molecule has 0 bridgehead atoms. The molecule has 0 fully saturated rings. The second kappa shape index (κ2) is 7.79. The lowest BCUT2D eigenvalue weighted by molar-refractivity contribution is -0.120. The van der Waals surface area contributed by atoms with Crippen LogP contribution in [0.5, 0.6) is 5.75 Å². The van der Waals surface area contributed by atoms with Crippen molar-refractivity contribution in [1.82, 2.24) is 5.32 Å². The van der Waals surface area contributed by atoms with Crippen molar-refractivity contribution >= 4 is 5.91 Å². The lowest BCUT2D eigenvalue weighted by Gasteiger charge is -2.26. The maximum Gasteiger partial charge on any atom is 0.239 e. The zero-order valence-electron chi connectivity index (χ0n) is 13.8. The van der Waals surface area contributed by atoms with Crippen LogP contribution >= 0.6 is 0 Å². The molecule has 0 spiro atoms. The summed E-state index contributed by atoms with van der Waals surface area (Å²) in [4.78, 5) is 11.8. The maximum absolute atomic E-state index is 11.8. The van der Waals surface area contributed by atoms with E-state index in [2.05, 4.69) is 19.2 Å². The number of amides is 1. The molecule has 0 aliphatic heterocycles. The lowest BCUT2D eigenvalue weighted by atomic mass is 9.93. The van der Waals surface area contributed by atoms with Gasteiger partial charge in [0, 0.05) is 6.04 Å². The number of primary amides is 1. The molecule has 0 aliphatic rings. The first-order valence-electron chi connectivity index (χ1n) is 7.77. The van der Waals surface area contributed by atoms with Crippen LogP contribution in [-0.4, -0.2) is 19.1 Å². The van der Waals surface area contributed by atoms with E-state index in [9.17, 15) is 4.79 Å². The number of rotatable bonds is 7. The molecule has 2 aromatic carbocycles. The Hall–Kier alpha value is -2.33. The highest BCUT2D eigenvalue weighted by atomic mass is 16.5. The minimum atomic E-state index is -0.494. The second-order valence-corrected chi connectivity index (χ2v) is 5.76. The molecular weight excluding hydrogens is 288 g/mol. The van der Waals surface area contributed by atoms with Gasteiger partial charge < -0.3 is 10.5 Å². The van der Waals surface area contributed by atoms with Gasteiger partial charge in [-0.15, -0.1) is 0 Å². The van der Waals surface area contributed by atoms with Crippen molar-refractivity contribution in [2.24, 2.45) is 5.73 Å². The van der Waals surface area contributed by atoms with Crippen molar-refractivity contribution in [3.05, 3.63) is 65.7 Å². The summed E-state index contributed by atoms with van der Waals surface area (Å²) in [6, 6.07) is 17.1. The van der Waals surface area contributed by atoms with Crippen molar-refractivity contribution in [2.75, 3.05) is 7.11 Å². The number of ether oxygens (including phenoxy) is 1. The molecule has 0 saturated carbocycles. The SMILES string of the molecule is COc1ccc([C@H](C)[C@H](C)N[C@H](C(N)=O)c2ccccc2)cc1. The van der Waals surface area contributed by atoms with Crippen LogP contribution in [0.4, 0.5) is 0 Å². The Morgan fingerprint density at radius 2 is 1.61 bits per heavy atom. The third-order valence-electron chi connectivity index (χ3n) is 4.24. The molecule has 1 amide bonds. The van der Waals surface area contributed by atoms with Crippen molar-refractivity contribution in [3.8, 4) is 5.75 Å². The van der Waals surface area contributed by atoms with Crippen LogP contribution in [0.3, 0.4) is 0 Å². The molecule has 0 heterocycles. The van der Waals surface area contributed by atoms with E-state index in [0.29, 0.717) is 0 Å². The summed E-state index contributed by atoms with van der Waals surface area (Å²) >= 11 is 0. The average molecular weight is 312 g/mol. The number of carbonyl (C=O) groups is 1. The minimum Gasteiger partial charge on any atom is -0.497 e. The van der Waals surface area contributed by atoms with E-state index < -0.39 is 6.04 Å². The van der Waals surface area contributed by atoms with Gasteiger partial charge in [0.25, 0.3) is 0 Å². The van der Waals surface area contributed by atoms with Crippen LogP contribution in [0.2, 0.25) is 0 Å². The molecule has 0 aromatic heterocycles. The highest BCUT2D eigenvalue weighted by Crippen LogP contribution is 2.24. The largest absolute Gasteiger partial charge is 0.497 e.